The van der Waals surface area contributed by atoms with E-state index in [-0.39, 0.29) is 11.3 Å². The van der Waals surface area contributed by atoms with Crippen LogP contribution in [0.2, 0.25) is 10.0 Å². The predicted molar refractivity (Wildman–Crippen MR) is 87.1 cm³/mol. The van der Waals surface area contributed by atoms with E-state index in [1.54, 1.807) is 18.2 Å². The Morgan fingerprint density at radius 1 is 1.25 bits per heavy atom. The molecule has 2 nitrogen and oxygen atoms in total. The second kappa shape index (κ2) is 6.78. The maximum atomic E-state index is 13.0. The van der Waals surface area contributed by atoms with Crippen LogP contribution in [0.25, 0.3) is 0 Å². The van der Waals surface area contributed by atoms with Crippen molar-refractivity contribution < 1.29 is 4.21 Å². The smallest absolute Gasteiger partial charge is 0.0595 e. The molecule has 2 rings (SSSR count). The Morgan fingerprint density at radius 2 is 1.95 bits per heavy atom. The Kier molecular flexibility index (Phi) is 5.52. The van der Waals surface area contributed by atoms with E-state index in [4.69, 9.17) is 23.2 Å². The lowest BCUT2D eigenvalue weighted by Gasteiger charge is -2.39. The van der Waals surface area contributed by atoms with E-state index in [0.717, 1.165) is 12.8 Å². The van der Waals surface area contributed by atoms with Crippen molar-refractivity contribution in [3.8, 4) is 0 Å². The third kappa shape index (κ3) is 3.38. The van der Waals surface area contributed by atoms with Gasteiger partial charge in [-0.15, -0.1) is 0 Å². The fourth-order valence-corrected chi connectivity index (χ4v) is 5.71. The van der Waals surface area contributed by atoms with Crippen molar-refractivity contribution in [2.45, 2.75) is 42.9 Å². The van der Waals surface area contributed by atoms with Crippen LogP contribution < -0.4 is 5.32 Å². The van der Waals surface area contributed by atoms with E-state index in [2.05, 4.69) is 19.2 Å². The van der Waals surface area contributed by atoms with Gasteiger partial charge in [-0.05, 0) is 49.9 Å². The SMILES string of the molecule is CNC1CC(C)CC(C)C1S(=O)c1cc(Cl)ccc1Cl. The van der Waals surface area contributed by atoms with Gasteiger partial charge in [0.1, 0.15) is 0 Å². The van der Waals surface area contributed by atoms with Crippen molar-refractivity contribution in [2.75, 3.05) is 7.05 Å². The van der Waals surface area contributed by atoms with E-state index in [1.165, 1.54) is 0 Å². The first-order valence-electron chi connectivity index (χ1n) is 6.97. The number of benzene rings is 1. The maximum Gasteiger partial charge on any atom is 0.0595 e. The zero-order valence-electron chi connectivity index (χ0n) is 12.0. The molecule has 1 saturated carbocycles. The molecule has 1 aromatic rings. The average molecular weight is 334 g/mol. The third-order valence-corrected chi connectivity index (χ3v) is 6.85. The van der Waals surface area contributed by atoms with E-state index in [0.29, 0.717) is 26.8 Å². The number of hydrogen-bond donors (Lipinski definition) is 1. The van der Waals surface area contributed by atoms with Crippen molar-refractivity contribution in [1.29, 1.82) is 0 Å². The Morgan fingerprint density at radius 3 is 2.60 bits per heavy atom. The van der Waals surface area contributed by atoms with Gasteiger partial charge in [0, 0.05) is 11.1 Å². The fourth-order valence-electron chi connectivity index (χ4n) is 3.25. The molecule has 112 valence electrons. The highest BCUT2D eigenvalue weighted by Crippen LogP contribution is 2.36. The molecule has 0 bridgehead atoms. The molecule has 0 aliphatic heterocycles. The summed E-state index contributed by atoms with van der Waals surface area (Å²) in [5, 5.41) is 4.52. The summed E-state index contributed by atoms with van der Waals surface area (Å²) in [6, 6.07) is 5.44. The highest BCUT2D eigenvalue weighted by atomic mass is 35.5. The van der Waals surface area contributed by atoms with Gasteiger partial charge in [-0.25, -0.2) is 0 Å². The maximum absolute atomic E-state index is 13.0. The topological polar surface area (TPSA) is 29.1 Å². The van der Waals surface area contributed by atoms with Gasteiger partial charge >= 0.3 is 0 Å². The standard InChI is InChI=1S/C15H21Cl2NOS/c1-9-6-10(2)15(13(7-9)18-3)20(19)14-8-11(16)4-5-12(14)17/h4-5,8-10,13,15,18H,6-7H2,1-3H3. The third-order valence-electron chi connectivity index (χ3n) is 4.12. The van der Waals surface area contributed by atoms with Crippen LogP contribution in [0.15, 0.2) is 23.1 Å². The van der Waals surface area contributed by atoms with Crippen molar-refractivity contribution in [3.63, 3.8) is 0 Å². The molecule has 0 radical (unpaired) electrons. The van der Waals surface area contributed by atoms with Gasteiger partial charge in [-0.3, -0.25) is 4.21 Å². The van der Waals surface area contributed by atoms with Crippen molar-refractivity contribution >= 4 is 34.0 Å². The van der Waals surface area contributed by atoms with Crippen LogP contribution in [-0.4, -0.2) is 22.5 Å². The molecule has 1 aliphatic rings. The van der Waals surface area contributed by atoms with E-state index < -0.39 is 10.8 Å². The molecule has 1 aliphatic carbocycles. The first-order valence-corrected chi connectivity index (χ1v) is 8.93. The van der Waals surface area contributed by atoms with Crippen LogP contribution in [0.1, 0.15) is 26.7 Å². The number of halogens is 2. The van der Waals surface area contributed by atoms with Crippen LogP contribution in [0.4, 0.5) is 0 Å². The van der Waals surface area contributed by atoms with Crippen LogP contribution in [0.3, 0.4) is 0 Å². The highest BCUT2D eigenvalue weighted by Gasteiger charge is 2.38. The largest absolute Gasteiger partial charge is 0.316 e. The highest BCUT2D eigenvalue weighted by molar-refractivity contribution is 7.86. The molecular formula is C15H21Cl2NOS. The van der Waals surface area contributed by atoms with Crippen molar-refractivity contribution in [2.24, 2.45) is 11.8 Å². The summed E-state index contributed by atoms with van der Waals surface area (Å²) in [7, 11) is 0.798. The fraction of sp³-hybridized carbons (Fsp3) is 0.600. The van der Waals surface area contributed by atoms with Crippen LogP contribution >= 0.6 is 23.2 Å². The minimum Gasteiger partial charge on any atom is -0.316 e. The molecular weight excluding hydrogens is 313 g/mol. The van der Waals surface area contributed by atoms with Crippen LogP contribution in [0, 0.1) is 11.8 Å². The van der Waals surface area contributed by atoms with Crippen molar-refractivity contribution in [1.82, 2.24) is 5.32 Å². The first kappa shape index (κ1) is 16.3. The molecule has 0 amide bonds. The summed E-state index contributed by atoms with van der Waals surface area (Å²) in [5.74, 6) is 1.05. The van der Waals surface area contributed by atoms with Gasteiger partial charge in [0.15, 0.2) is 0 Å². The molecule has 0 heterocycles. The Hall–Kier alpha value is -0.0900. The van der Waals surface area contributed by atoms with Gasteiger partial charge in [0.05, 0.1) is 26.0 Å². The second-order valence-electron chi connectivity index (χ2n) is 5.79. The number of nitrogens with one attached hydrogen (secondary N) is 1. The Labute approximate surface area is 133 Å². The second-order valence-corrected chi connectivity index (χ2v) is 8.21. The predicted octanol–water partition coefficient (Wildman–Crippen LogP) is 4.12. The average Bonchev–Trinajstić information content (AvgIpc) is 2.40. The minimum absolute atomic E-state index is 0.0761. The Balaban J connectivity index is 2.32. The van der Waals surface area contributed by atoms with E-state index >= 15 is 0 Å². The Bertz CT molecular complexity index is 509. The summed E-state index contributed by atoms with van der Waals surface area (Å²) >= 11 is 12.2. The lowest BCUT2D eigenvalue weighted by molar-refractivity contribution is 0.253. The molecule has 5 atom stereocenters. The summed E-state index contributed by atoms with van der Waals surface area (Å²) in [6.45, 7) is 4.44. The summed E-state index contributed by atoms with van der Waals surface area (Å²) in [4.78, 5) is 0.658. The zero-order chi connectivity index (χ0) is 14.9. The lowest BCUT2D eigenvalue weighted by atomic mass is 9.80. The monoisotopic (exact) mass is 333 g/mol. The minimum atomic E-state index is -1.15. The quantitative estimate of drug-likeness (QED) is 0.901. The lowest BCUT2D eigenvalue weighted by Crippen LogP contribution is -2.48. The molecule has 0 spiro atoms. The first-order chi connectivity index (χ1) is 9.43. The van der Waals surface area contributed by atoms with Gasteiger partial charge in [0.2, 0.25) is 0 Å². The van der Waals surface area contributed by atoms with Gasteiger partial charge < -0.3 is 5.32 Å². The van der Waals surface area contributed by atoms with Gasteiger partial charge in [0.25, 0.3) is 0 Å². The summed E-state index contributed by atoms with van der Waals surface area (Å²) in [5.41, 5.74) is 0. The molecule has 1 N–H and O–H groups in total. The van der Waals surface area contributed by atoms with Crippen LogP contribution in [-0.2, 0) is 10.8 Å². The summed E-state index contributed by atoms with van der Waals surface area (Å²) in [6.07, 6.45) is 2.15. The zero-order valence-corrected chi connectivity index (χ0v) is 14.4. The van der Waals surface area contributed by atoms with Crippen LogP contribution in [0.5, 0.6) is 0 Å². The molecule has 1 aromatic carbocycles. The summed E-state index contributed by atoms with van der Waals surface area (Å²) < 4.78 is 13.0. The van der Waals surface area contributed by atoms with Crippen molar-refractivity contribution in [3.05, 3.63) is 28.2 Å². The number of hydrogen-bond acceptors (Lipinski definition) is 2. The van der Waals surface area contributed by atoms with E-state index in [9.17, 15) is 4.21 Å². The molecule has 20 heavy (non-hydrogen) atoms. The normalized spacial score (nSPS) is 32.0. The molecule has 5 unspecified atom stereocenters. The molecule has 0 aromatic heterocycles. The molecule has 0 saturated heterocycles. The van der Waals surface area contributed by atoms with E-state index in [1.807, 2.05) is 7.05 Å². The molecule has 1 fully saturated rings. The van der Waals surface area contributed by atoms with Gasteiger partial charge in [-0.2, -0.15) is 0 Å². The van der Waals surface area contributed by atoms with Gasteiger partial charge in [-0.1, -0.05) is 37.0 Å². The number of rotatable bonds is 3. The molecule has 5 heteroatoms.